The molecule has 0 radical (unpaired) electrons. The number of phenolic OH excluding ortho intramolecular Hbond substituents is 4. The number of nitrogens with one attached hydrogen (secondary N) is 2. The van der Waals surface area contributed by atoms with E-state index in [4.69, 9.17) is 16.3 Å². The largest absolute Gasteiger partial charge is 0.505 e. The molecule has 36 heavy (non-hydrogen) atoms. The van der Waals surface area contributed by atoms with E-state index in [1.54, 1.807) is 24.3 Å². The quantitative estimate of drug-likeness (QED) is 0.108. The van der Waals surface area contributed by atoms with Gasteiger partial charge in [-0.2, -0.15) is 0 Å². The van der Waals surface area contributed by atoms with Crippen molar-refractivity contribution >= 4 is 23.3 Å². The van der Waals surface area contributed by atoms with Crippen molar-refractivity contribution in [3.8, 4) is 34.1 Å². The molecule has 0 aliphatic carbocycles. The standard InChI is InChI=1S/C24H25ClN2O9/c1-36-16(12-4-3-7-15(25)9-12)10-27-24(34,35)11-26-18-19(28)17(20(29)22(31)21(18)30)13-5-2-6-14(8-13)23(32)33/h2-9,16,26-31,34-35H,10-11H2,1H3,(H,32,33). The molecule has 0 fully saturated rings. The topological polar surface area (TPSA) is 192 Å². The van der Waals surface area contributed by atoms with Crippen LogP contribution >= 0.6 is 11.6 Å². The Labute approximate surface area is 210 Å². The molecule has 11 nitrogen and oxygen atoms in total. The highest BCUT2D eigenvalue weighted by Crippen LogP contribution is 2.54. The molecular weight excluding hydrogens is 496 g/mol. The second-order valence-corrected chi connectivity index (χ2v) is 8.30. The molecular formula is C24H25ClN2O9. The monoisotopic (exact) mass is 520 g/mol. The first-order chi connectivity index (χ1) is 16.9. The number of aliphatic hydroxyl groups is 2. The maximum Gasteiger partial charge on any atom is 0.335 e. The molecule has 0 bridgehead atoms. The number of carboxylic acids is 1. The molecule has 0 heterocycles. The molecule has 0 saturated heterocycles. The van der Waals surface area contributed by atoms with Gasteiger partial charge in [-0.1, -0.05) is 35.9 Å². The van der Waals surface area contributed by atoms with Crippen LogP contribution in [-0.2, 0) is 4.74 Å². The van der Waals surface area contributed by atoms with Gasteiger partial charge in [-0.05, 0) is 35.4 Å². The van der Waals surface area contributed by atoms with Crippen LogP contribution in [0.5, 0.6) is 23.0 Å². The molecule has 12 heteroatoms. The third-order valence-corrected chi connectivity index (χ3v) is 5.62. The number of ether oxygens (including phenoxy) is 1. The summed E-state index contributed by atoms with van der Waals surface area (Å²) in [5.74, 6) is -7.51. The van der Waals surface area contributed by atoms with Crippen LogP contribution < -0.4 is 10.6 Å². The molecule has 1 atom stereocenters. The highest BCUT2D eigenvalue weighted by molar-refractivity contribution is 6.30. The Hall–Kier alpha value is -3.74. The predicted molar refractivity (Wildman–Crippen MR) is 130 cm³/mol. The van der Waals surface area contributed by atoms with Gasteiger partial charge >= 0.3 is 5.97 Å². The fourth-order valence-corrected chi connectivity index (χ4v) is 3.72. The van der Waals surface area contributed by atoms with E-state index in [0.717, 1.165) is 6.07 Å². The van der Waals surface area contributed by atoms with Gasteiger partial charge < -0.3 is 45.8 Å². The molecule has 0 aliphatic rings. The zero-order chi connectivity index (χ0) is 26.6. The van der Waals surface area contributed by atoms with E-state index in [-0.39, 0.29) is 23.2 Å². The van der Waals surface area contributed by atoms with Crippen molar-refractivity contribution < 1.29 is 45.3 Å². The van der Waals surface area contributed by atoms with Crippen LogP contribution in [0.25, 0.3) is 11.1 Å². The normalized spacial score (nSPS) is 12.3. The zero-order valence-electron chi connectivity index (χ0n) is 18.9. The van der Waals surface area contributed by atoms with Crippen LogP contribution in [0.3, 0.4) is 0 Å². The molecule has 0 aromatic heterocycles. The predicted octanol–water partition coefficient (Wildman–Crippen LogP) is 2.56. The number of carboxylic acid groups (broad SMARTS) is 1. The average Bonchev–Trinajstić information content (AvgIpc) is 2.83. The lowest BCUT2D eigenvalue weighted by Crippen LogP contribution is -2.52. The van der Waals surface area contributed by atoms with E-state index in [0.29, 0.717) is 10.6 Å². The Bertz CT molecular complexity index is 1270. The van der Waals surface area contributed by atoms with E-state index in [1.165, 1.54) is 25.3 Å². The summed E-state index contributed by atoms with van der Waals surface area (Å²) in [5.41, 5.74) is -0.382. The molecule has 0 aliphatic heterocycles. The zero-order valence-corrected chi connectivity index (χ0v) is 19.7. The minimum absolute atomic E-state index is 0.0186. The smallest absolute Gasteiger partial charge is 0.335 e. The summed E-state index contributed by atoms with van der Waals surface area (Å²) in [4.78, 5) is 11.3. The van der Waals surface area contributed by atoms with Gasteiger partial charge in [0.05, 0.1) is 23.8 Å². The van der Waals surface area contributed by atoms with Crippen LogP contribution in [0.15, 0.2) is 48.5 Å². The SMILES string of the molecule is COC(CNC(O)(O)CNc1c(O)c(O)c(O)c(-c2cccc(C(=O)O)c2)c1O)c1cccc(Cl)c1. The summed E-state index contributed by atoms with van der Waals surface area (Å²) in [6.07, 6.45) is -0.602. The molecule has 1 unspecified atom stereocenters. The molecule has 0 saturated carbocycles. The third-order valence-electron chi connectivity index (χ3n) is 5.38. The lowest BCUT2D eigenvalue weighted by atomic mass is 9.99. The van der Waals surface area contributed by atoms with E-state index in [9.17, 15) is 40.5 Å². The van der Waals surface area contributed by atoms with E-state index >= 15 is 0 Å². The molecule has 0 amide bonds. The van der Waals surface area contributed by atoms with Crippen molar-refractivity contribution in [2.45, 2.75) is 12.0 Å². The summed E-state index contributed by atoms with van der Waals surface area (Å²) in [6, 6.07) is 11.9. The van der Waals surface area contributed by atoms with Crippen LogP contribution in [-0.4, -0.2) is 67.8 Å². The molecule has 3 aromatic rings. The second kappa shape index (κ2) is 10.9. The Morgan fingerprint density at radius 1 is 1.00 bits per heavy atom. The van der Waals surface area contributed by atoms with Crippen molar-refractivity contribution in [1.82, 2.24) is 5.32 Å². The number of methoxy groups -OCH3 is 1. The second-order valence-electron chi connectivity index (χ2n) is 7.86. The average molecular weight is 521 g/mol. The highest BCUT2D eigenvalue weighted by Gasteiger charge is 2.29. The highest BCUT2D eigenvalue weighted by atomic mass is 35.5. The number of carbonyl (C=O) groups is 1. The van der Waals surface area contributed by atoms with Crippen molar-refractivity contribution in [1.29, 1.82) is 0 Å². The maximum absolute atomic E-state index is 11.3. The molecule has 3 aromatic carbocycles. The number of hydrogen-bond donors (Lipinski definition) is 9. The van der Waals surface area contributed by atoms with Crippen molar-refractivity contribution in [2.24, 2.45) is 0 Å². The number of aromatic hydroxyl groups is 4. The van der Waals surface area contributed by atoms with Gasteiger partial charge in [0.25, 0.3) is 0 Å². The number of halogens is 1. The summed E-state index contributed by atoms with van der Waals surface area (Å²) in [6.45, 7) is -0.781. The minimum Gasteiger partial charge on any atom is -0.505 e. The number of rotatable bonds is 10. The van der Waals surface area contributed by atoms with Crippen molar-refractivity contribution in [2.75, 3.05) is 25.5 Å². The Morgan fingerprint density at radius 2 is 1.69 bits per heavy atom. The van der Waals surface area contributed by atoms with Gasteiger partial charge in [0.2, 0.25) is 11.7 Å². The van der Waals surface area contributed by atoms with Crippen molar-refractivity contribution in [3.05, 3.63) is 64.7 Å². The Kier molecular flexibility index (Phi) is 8.13. The van der Waals surface area contributed by atoms with Gasteiger partial charge in [-0.3, -0.25) is 5.32 Å². The lowest BCUT2D eigenvalue weighted by Gasteiger charge is -2.27. The molecule has 3 rings (SSSR count). The first-order valence-electron chi connectivity index (χ1n) is 10.5. The summed E-state index contributed by atoms with van der Waals surface area (Å²) in [7, 11) is 1.43. The molecule has 192 valence electrons. The van der Waals surface area contributed by atoms with Gasteiger partial charge in [0.1, 0.15) is 5.69 Å². The number of benzene rings is 3. The molecule has 9 N–H and O–H groups in total. The van der Waals surface area contributed by atoms with Gasteiger partial charge in [-0.15, -0.1) is 0 Å². The fourth-order valence-electron chi connectivity index (χ4n) is 3.52. The number of phenols is 4. The number of aromatic carboxylic acids is 1. The fraction of sp³-hybridized carbons (Fsp3) is 0.208. The number of anilines is 1. The van der Waals surface area contributed by atoms with E-state index < -0.39 is 53.2 Å². The van der Waals surface area contributed by atoms with Crippen LogP contribution in [0.2, 0.25) is 5.02 Å². The van der Waals surface area contributed by atoms with Gasteiger partial charge in [-0.25, -0.2) is 4.79 Å². The Balaban J connectivity index is 1.83. The van der Waals surface area contributed by atoms with Gasteiger partial charge in [0, 0.05) is 18.7 Å². The van der Waals surface area contributed by atoms with E-state index in [1.807, 2.05) is 0 Å². The number of hydrogen-bond acceptors (Lipinski definition) is 10. The van der Waals surface area contributed by atoms with Crippen molar-refractivity contribution in [3.63, 3.8) is 0 Å². The minimum atomic E-state index is -2.59. The van der Waals surface area contributed by atoms with Gasteiger partial charge in [0.15, 0.2) is 17.2 Å². The third kappa shape index (κ3) is 5.90. The first-order valence-corrected chi connectivity index (χ1v) is 10.9. The molecule has 0 spiro atoms. The summed E-state index contributed by atoms with van der Waals surface area (Å²) < 4.78 is 5.36. The van der Waals surface area contributed by atoms with E-state index in [2.05, 4.69) is 10.6 Å². The summed E-state index contributed by atoms with van der Waals surface area (Å²) >= 11 is 5.99. The summed E-state index contributed by atoms with van der Waals surface area (Å²) in [5, 5.41) is 76.8. The first kappa shape index (κ1) is 26.9. The van der Waals surface area contributed by atoms with Crippen LogP contribution in [0.4, 0.5) is 5.69 Å². The maximum atomic E-state index is 11.3. The van der Waals surface area contributed by atoms with Crippen LogP contribution in [0, 0.1) is 0 Å². The van der Waals surface area contributed by atoms with Crippen LogP contribution in [0.1, 0.15) is 22.0 Å². The Morgan fingerprint density at radius 3 is 2.33 bits per heavy atom. The lowest BCUT2D eigenvalue weighted by molar-refractivity contribution is -0.177.